The number of piperidine rings is 1. The molecule has 1 amide bonds. The maximum absolute atomic E-state index is 13.8. The van der Waals surface area contributed by atoms with E-state index >= 15 is 0 Å². The highest BCUT2D eigenvalue weighted by atomic mass is 32.2. The molecule has 0 bridgehead atoms. The summed E-state index contributed by atoms with van der Waals surface area (Å²) in [4.78, 5) is 36.5. The summed E-state index contributed by atoms with van der Waals surface area (Å²) >= 11 is 6.83. The van der Waals surface area contributed by atoms with Gasteiger partial charge in [-0.15, -0.1) is 0 Å². The lowest BCUT2D eigenvalue weighted by Crippen LogP contribution is -2.41. The van der Waals surface area contributed by atoms with Gasteiger partial charge in [0.1, 0.15) is 15.8 Å². The highest BCUT2D eigenvalue weighted by Gasteiger charge is 2.33. The van der Waals surface area contributed by atoms with Crippen molar-refractivity contribution in [3.63, 3.8) is 0 Å². The van der Waals surface area contributed by atoms with Crippen LogP contribution in [0.25, 0.3) is 11.7 Å². The van der Waals surface area contributed by atoms with Crippen molar-refractivity contribution in [2.45, 2.75) is 59.0 Å². The van der Waals surface area contributed by atoms with Crippen LogP contribution in [0.1, 0.15) is 54.9 Å². The molecule has 186 valence electrons. The molecule has 0 aliphatic carbocycles. The third kappa shape index (κ3) is 4.72. The third-order valence-corrected chi connectivity index (χ3v) is 8.34. The first-order valence-electron chi connectivity index (χ1n) is 12.5. The van der Waals surface area contributed by atoms with Crippen molar-refractivity contribution in [1.29, 1.82) is 0 Å². The molecular weight excluding hydrogens is 488 g/mol. The van der Waals surface area contributed by atoms with Gasteiger partial charge in [0.15, 0.2) is 0 Å². The number of amides is 1. The van der Waals surface area contributed by atoms with E-state index in [1.54, 1.807) is 15.4 Å². The Balaban J connectivity index is 1.59. The molecule has 5 rings (SSSR count). The van der Waals surface area contributed by atoms with Crippen molar-refractivity contribution >= 4 is 51.7 Å². The van der Waals surface area contributed by atoms with E-state index in [4.69, 9.17) is 17.2 Å². The van der Waals surface area contributed by atoms with Crippen LogP contribution >= 0.6 is 24.0 Å². The highest BCUT2D eigenvalue weighted by Crippen LogP contribution is 2.35. The van der Waals surface area contributed by atoms with E-state index in [1.165, 1.54) is 23.7 Å². The molecule has 8 heteroatoms. The van der Waals surface area contributed by atoms with Gasteiger partial charge in [0, 0.05) is 18.8 Å². The zero-order valence-corrected chi connectivity index (χ0v) is 22.5. The number of carbonyl (C=O) groups is 1. The Kier molecular flexibility index (Phi) is 6.99. The molecule has 1 aromatic carbocycles. The number of hydrogen-bond donors (Lipinski definition) is 0. The van der Waals surface area contributed by atoms with E-state index in [0.29, 0.717) is 38.8 Å². The molecular formula is C28H30N4O2S2. The van der Waals surface area contributed by atoms with Crippen molar-refractivity contribution in [1.82, 2.24) is 14.3 Å². The summed E-state index contributed by atoms with van der Waals surface area (Å²) < 4.78 is 2.09. The van der Waals surface area contributed by atoms with E-state index in [9.17, 15) is 9.59 Å². The molecule has 0 N–H and O–H groups in total. The molecule has 2 aliphatic heterocycles. The predicted octanol–water partition coefficient (Wildman–Crippen LogP) is 5.48. The number of nitrogens with zero attached hydrogens (tertiary/aromatic N) is 4. The number of pyridine rings is 1. The summed E-state index contributed by atoms with van der Waals surface area (Å²) in [7, 11) is 0. The van der Waals surface area contributed by atoms with E-state index < -0.39 is 0 Å². The number of thiocarbonyl (C=S) groups is 1. The fourth-order valence-electron chi connectivity index (χ4n) is 4.94. The first-order valence-corrected chi connectivity index (χ1v) is 13.7. The number of anilines is 1. The zero-order chi connectivity index (χ0) is 25.4. The Labute approximate surface area is 221 Å². The lowest BCUT2D eigenvalue weighted by Gasteiger charge is -2.37. The SMILES string of the molecule is CCC1CCCCN1c1nc2ccc(C)cn2c(=O)c1C=C1SC(=S)N(Cc2ccc(C)cc2)C1=O. The second-order valence-electron chi connectivity index (χ2n) is 9.59. The van der Waals surface area contributed by atoms with Gasteiger partial charge in [0.05, 0.1) is 17.0 Å². The molecule has 2 aromatic heterocycles. The Bertz CT molecular complexity index is 1430. The number of aryl methyl sites for hydroxylation is 2. The monoisotopic (exact) mass is 518 g/mol. The van der Waals surface area contributed by atoms with Crippen molar-refractivity contribution in [2.24, 2.45) is 0 Å². The maximum Gasteiger partial charge on any atom is 0.267 e. The third-order valence-electron chi connectivity index (χ3n) is 6.97. The molecule has 6 nitrogen and oxygen atoms in total. The minimum Gasteiger partial charge on any atom is -0.353 e. The van der Waals surface area contributed by atoms with Gasteiger partial charge in [-0.1, -0.05) is 66.8 Å². The van der Waals surface area contributed by atoms with Crippen LogP contribution in [0, 0.1) is 13.8 Å². The second-order valence-corrected chi connectivity index (χ2v) is 11.3. The average molecular weight is 519 g/mol. The molecule has 2 fully saturated rings. The Morgan fingerprint density at radius 1 is 1.08 bits per heavy atom. The van der Waals surface area contributed by atoms with Crippen molar-refractivity contribution in [3.05, 3.63) is 80.1 Å². The topological polar surface area (TPSA) is 57.9 Å². The molecule has 3 aromatic rings. The summed E-state index contributed by atoms with van der Waals surface area (Å²) in [6, 6.07) is 12.3. The first-order chi connectivity index (χ1) is 17.4. The lowest BCUT2D eigenvalue weighted by molar-refractivity contribution is -0.122. The van der Waals surface area contributed by atoms with Crippen molar-refractivity contribution in [2.75, 3.05) is 11.4 Å². The van der Waals surface area contributed by atoms with Crippen LogP contribution in [0.4, 0.5) is 5.82 Å². The molecule has 36 heavy (non-hydrogen) atoms. The van der Waals surface area contributed by atoms with Gasteiger partial charge in [-0.25, -0.2) is 4.98 Å². The fourth-order valence-corrected chi connectivity index (χ4v) is 6.18. The van der Waals surface area contributed by atoms with Crippen molar-refractivity contribution < 1.29 is 4.79 Å². The molecule has 1 atom stereocenters. The molecule has 0 saturated carbocycles. The van der Waals surface area contributed by atoms with Gasteiger partial charge >= 0.3 is 0 Å². The van der Waals surface area contributed by atoms with Crippen LogP contribution in [-0.4, -0.2) is 37.1 Å². The minimum absolute atomic E-state index is 0.164. The summed E-state index contributed by atoms with van der Waals surface area (Å²) in [5.74, 6) is 0.496. The maximum atomic E-state index is 13.8. The Morgan fingerprint density at radius 3 is 2.58 bits per heavy atom. The number of benzene rings is 1. The molecule has 0 radical (unpaired) electrons. The predicted molar refractivity (Wildman–Crippen MR) is 151 cm³/mol. The second kappa shape index (κ2) is 10.2. The van der Waals surface area contributed by atoms with Gasteiger partial charge in [0.2, 0.25) is 0 Å². The van der Waals surface area contributed by atoms with E-state index in [0.717, 1.165) is 36.9 Å². The van der Waals surface area contributed by atoms with Gasteiger partial charge in [-0.3, -0.25) is 18.9 Å². The smallest absolute Gasteiger partial charge is 0.267 e. The van der Waals surface area contributed by atoms with E-state index in [1.807, 2.05) is 56.4 Å². The summed E-state index contributed by atoms with van der Waals surface area (Å²) in [6.45, 7) is 7.42. The number of fused-ring (bicyclic) bond motifs is 1. The van der Waals surface area contributed by atoms with Crippen LogP contribution in [0.5, 0.6) is 0 Å². The molecule has 1 unspecified atom stereocenters. The normalized spacial score (nSPS) is 19.6. The lowest BCUT2D eigenvalue weighted by atomic mass is 9.99. The number of rotatable bonds is 5. The van der Waals surface area contributed by atoms with Gasteiger partial charge < -0.3 is 4.90 Å². The number of thioether (sulfide) groups is 1. The van der Waals surface area contributed by atoms with Gasteiger partial charge in [0.25, 0.3) is 11.5 Å². The van der Waals surface area contributed by atoms with Crippen molar-refractivity contribution in [3.8, 4) is 0 Å². The number of aromatic nitrogens is 2. The van der Waals surface area contributed by atoms with Crippen LogP contribution in [0.15, 0.2) is 52.3 Å². The number of carbonyl (C=O) groups excluding carboxylic acids is 1. The summed E-state index contributed by atoms with van der Waals surface area (Å²) in [5.41, 5.74) is 4.06. The van der Waals surface area contributed by atoms with Gasteiger partial charge in [-0.05, 0) is 62.8 Å². The van der Waals surface area contributed by atoms with Crippen LogP contribution in [-0.2, 0) is 11.3 Å². The standard InChI is InChI=1S/C28H30N4O2S2/c1-4-21-7-5-6-14-30(21)25-22(26(33)31-16-19(3)10-13-24(31)29-25)15-23-27(34)32(28(35)36-23)17-20-11-8-18(2)9-12-20/h8-13,15-16,21H,4-7,14,17H2,1-3H3. The van der Waals surface area contributed by atoms with Crippen LogP contribution < -0.4 is 10.5 Å². The molecule has 2 saturated heterocycles. The summed E-state index contributed by atoms with van der Waals surface area (Å²) in [5, 5.41) is 0. The zero-order valence-electron chi connectivity index (χ0n) is 20.9. The Morgan fingerprint density at radius 2 is 1.83 bits per heavy atom. The van der Waals surface area contributed by atoms with E-state index in [-0.39, 0.29) is 11.5 Å². The van der Waals surface area contributed by atoms with Gasteiger partial charge in [-0.2, -0.15) is 0 Å². The van der Waals surface area contributed by atoms with E-state index in [2.05, 4.69) is 11.8 Å². The number of hydrogen-bond acceptors (Lipinski definition) is 6. The minimum atomic E-state index is -0.170. The first kappa shape index (κ1) is 24.7. The molecule has 2 aliphatic rings. The largest absolute Gasteiger partial charge is 0.353 e. The summed E-state index contributed by atoms with van der Waals surface area (Å²) in [6.07, 6.45) is 7.81. The average Bonchev–Trinajstić information content (AvgIpc) is 3.14. The fraction of sp³-hybridized carbons (Fsp3) is 0.357. The van der Waals surface area contributed by atoms with Crippen LogP contribution in [0.2, 0.25) is 0 Å². The highest BCUT2D eigenvalue weighted by molar-refractivity contribution is 8.26. The Hall–Kier alpha value is -2.97. The molecule has 0 spiro atoms. The molecule has 4 heterocycles. The van der Waals surface area contributed by atoms with Crippen LogP contribution in [0.3, 0.4) is 0 Å². The quantitative estimate of drug-likeness (QED) is 0.329.